The van der Waals surface area contributed by atoms with Crippen molar-refractivity contribution < 1.29 is 9.53 Å². The lowest BCUT2D eigenvalue weighted by molar-refractivity contribution is 0.0454. The molecule has 0 atom stereocenters. The number of hydrogen-bond donors (Lipinski definition) is 1. The molecule has 6 heteroatoms. The van der Waals surface area contributed by atoms with Gasteiger partial charge in [-0.2, -0.15) is 5.10 Å². The van der Waals surface area contributed by atoms with Crippen LogP contribution in [0.3, 0.4) is 0 Å². The predicted octanol–water partition coefficient (Wildman–Crippen LogP) is 2.22. The van der Waals surface area contributed by atoms with Crippen molar-refractivity contribution in [3.8, 4) is 0 Å². The number of aryl methyl sites for hydroxylation is 1. The van der Waals surface area contributed by atoms with Crippen molar-refractivity contribution in [2.75, 3.05) is 5.73 Å². The Balaban J connectivity index is 2.00. The highest BCUT2D eigenvalue weighted by Crippen LogP contribution is 2.13. The fourth-order valence-electron chi connectivity index (χ4n) is 1.92. The van der Waals surface area contributed by atoms with Crippen LogP contribution in [0.25, 0.3) is 0 Å². The van der Waals surface area contributed by atoms with E-state index in [1.54, 1.807) is 16.8 Å². The molecule has 0 aliphatic rings. The number of nitrogens with zero attached hydrogens (tertiary/aromatic N) is 3. The van der Waals surface area contributed by atoms with Crippen LogP contribution >= 0.6 is 0 Å². The average Bonchev–Trinajstić information content (AvgIpc) is 3.02. The van der Waals surface area contributed by atoms with Gasteiger partial charge in [-0.1, -0.05) is 0 Å². The van der Waals surface area contributed by atoms with E-state index in [2.05, 4.69) is 5.10 Å². The highest BCUT2D eigenvalue weighted by Gasteiger charge is 2.14. The van der Waals surface area contributed by atoms with Crippen LogP contribution in [0.2, 0.25) is 0 Å². The van der Waals surface area contributed by atoms with E-state index in [0.717, 1.165) is 5.69 Å². The Morgan fingerprint density at radius 3 is 2.85 bits per heavy atom. The Bertz CT molecular complexity index is 598. The standard InChI is InChI=1S/C14H20N4O2/c1-4-17-8-11(15)7-13(17)14(19)20-9-12-5-6-18(16-12)10(2)3/h5-8,10H,4,9,15H2,1-3H3. The molecule has 2 aromatic heterocycles. The van der Waals surface area contributed by atoms with Gasteiger partial charge in [-0.15, -0.1) is 0 Å². The molecule has 2 N–H and O–H groups in total. The van der Waals surface area contributed by atoms with E-state index in [9.17, 15) is 4.79 Å². The van der Waals surface area contributed by atoms with Crippen LogP contribution in [0.1, 0.15) is 43.0 Å². The Labute approximate surface area is 118 Å². The fourth-order valence-corrected chi connectivity index (χ4v) is 1.92. The van der Waals surface area contributed by atoms with Crippen LogP contribution in [0.15, 0.2) is 24.5 Å². The van der Waals surface area contributed by atoms with Crippen LogP contribution in [-0.2, 0) is 17.9 Å². The van der Waals surface area contributed by atoms with Gasteiger partial charge in [0.2, 0.25) is 0 Å². The lowest BCUT2D eigenvalue weighted by Gasteiger charge is -2.06. The molecule has 0 aliphatic heterocycles. The summed E-state index contributed by atoms with van der Waals surface area (Å²) >= 11 is 0. The van der Waals surface area contributed by atoms with Crippen LogP contribution in [-0.4, -0.2) is 20.3 Å². The number of hydrogen-bond acceptors (Lipinski definition) is 4. The largest absolute Gasteiger partial charge is 0.454 e. The molecular formula is C14H20N4O2. The molecule has 0 bridgehead atoms. The van der Waals surface area contributed by atoms with Crippen molar-refractivity contribution in [2.45, 2.75) is 40.0 Å². The second-order valence-electron chi connectivity index (χ2n) is 4.90. The van der Waals surface area contributed by atoms with Crippen molar-refractivity contribution >= 4 is 11.7 Å². The monoisotopic (exact) mass is 276 g/mol. The van der Waals surface area contributed by atoms with Crippen LogP contribution < -0.4 is 5.73 Å². The third-order valence-electron chi connectivity index (χ3n) is 3.01. The number of aromatic nitrogens is 3. The highest BCUT2D eigenvalue weighted by atomic mass is 16.5. The summed E-state index contributed by atoms with van der Waals surface area (Å²) in [5.74, 6) is -0.386. The summed E-state index contributed by atoms with van der Waals surface area (Å²) in [7, 11) is 0. The zero-order chi connectivity index (χ0) is 14.7. The highest BCUT2D eigenvalue weighted by molar-refractivity contribution is 5.89. The van der Waals surface area contributed by atoms with Crippen molar-refractivity contribution in [2.24, 2.45) is 0 Å². The topological polar surface area (TPSA) is 75.1 Å². The first-order valence-corrected chi connectivity index (χ1v) is 6.68. The van der Waals surface area contributed by atoms with E-state index >= 15 is 0 Å². The summed E-state index contributed by atoms with van der Waals surface area (Å²) in [4.78, 5) is 12.0. The number of carbonyl (C=O) groups is 1. The SMILES string of the molecule is CCn1cc(N)cc1C(=O)OCc1ccn(C(C)C)n1. The van der Waals surface area contributed by atoms with Crippen molar-refractivity contribution in [1.29, 1.82) is 0 Å². The Morgan fingerprint density at radius 1 is 1.50 bits per heavy atom. The summed E-state index contributed by atoms with van der Waals surface area (Å²) < 4.78 is 8.87. The molecule has 0 radical (unpaired) electrons. The molecule has 2 rings (SSSR count). The first-order valence-electron chi connectivity index (χ1n) is 6.68. The molecule has 2 heterocycles. The minimum absolute atomic E-state index is 0.160. The lowest BCUT2D eigenvalue weighted by Crippen LogP contribution is -2.11. The Kier molecular flexibility index (Phi) is 4.12. The van der Waals surface area contributed by atoms with Gasteiger partial charge in [0.15, 0.2) is 0 Å². The van der Waals surface area contributed by atoms with Crippen molar-refractivity contribution in [1.82, 2.24) is 14.3 Å². The minimum atomic E-state index is -0.386. The van der Waals surface area contributed by atoms with E-state index in [4.69, 9.17) is 10.5 Å². The summed E-state index contributed by atoms with van der Waals surface area (Å²) in [6, 6.07) is 3.76. The smallest absolute Gasteiger partial charge is 0.355 e. The van der Waals surface area contributed by atoms with Gasteiger partial charge in [-0.05, 0) is 32.9 Å². The summed E-state index contributed by atoms with van der Waals surface area (Å²) in [6.07, 6.45) is 3.60. The number of carbonyl (C=O) groups excluding carboxylic acids is 1. The van der Waals surface area contributed by atoms with Crippen LogP contribution in [0.4, 0.5) is 5.69 Å². The van der Waals surface area contributed by atoms with Gasteiger partial charge in [0.25, 0.3) is 0 Å². The van der Waals surface area contributed by atoms with Crippen molar-refractivity contribution in [3.05, 3.63) is 35.9 Å². The van der Waals surface area contributed by atoms with Crippen molar-refractivity contribution in [3.63, 3.8) is 0 Å². The normalized spacial score (nSPS) is 11.0. The molecular weight excluding hydrogens is 256 g/mol. The summed E-state index contributed by atoms with van der Waals surface area (Å²) in [6.45, 7) is 6.86. The number of ether oxygens (including phenoxy) is 1. The maximum Gasteiger partial charge on any atom is 0.355 e. The molecule has 20 heavy (non-hydrogen) atoms. The lowest BCUT2D eigenvalue weighted by atomic mass is 10.4. The molecule has 6 nitrogen and oxygen atoms in total. The predicted molar refractivity (Wildman–Crippen MR) is 76.2 cm³/mol. The Morgan fingerprint density at radius 2 is 2.25 bits per heavy atom. The van der Waals surface area contributed by atoms with Crippen LogP contribution in [0.5, 0.6) is 0 Å². The fraction of sp³-hybridized carbons (Fsp3) is 0.429. The number of esters is 1. The van der Waals surface area contributed by atoms with Gasteiger partial charge in [0.05, 0.1) is 11.4 Å². The van der Waals surface area contributed by atoms with Gasteiger partial charge in [0, 0.05) is 25.0 Å². The average molecular weight is 276 g/mol. The molecule has 0 amide bonds. The minimum Gasteiger partial charge on any atom is -0.454 e. The molecule has 0 aliphatic carbocycles. The summed E-state index contributed by atoms with van der Waals surface area (Å²) in [5, 5.41) is 4.33. The number of nitrogen functional groups attached to an aromatic ring is 1. The number of rotatable bonds is 5. The molecule has 0 saturated carbocycles. The molecule has 108 valence electrons. The zero-order valence-corrected chi connectivity index (χ0v) is 12.0. The van der Waals surface area contributed by atoms with Gasteiger partial charge < -0.3 is 15.0 Å². The molecule has 0 unspecified atom stereocenters. The van der Waals surface area contributed by atoms with E-state index < -0.39 is 0 Å². The maximum atomic E-state index is 12.0. The molecule has 0 aromatic carbocycles. The maximum absolute atomic E-state index is 12.0. The molecule has 0 fully saturated rings. The van der Waals surface area contributed by atoms with E-state index in [0.29, 0.717) is 17.9 Å². The quantitative estimate of drug-likeness (QED) is 0.850. The van der Waals surface area contributed by atoms with E-state index in [1.165, 1.54) is 0 Å². The van der Waals surface area contributed by atoms with Crippen LogP contribution in [0, 0.1) is 0 Å². The second kappa shape index (κ2) is 5.81. The first-order chi connectivity index (χ1) is 9.51. The third-order valence-corrected chi connectivity index (χ3v) is 3.01. The second-order valence-corrected chi connectivity index (χ2v) is 4.90. The molecule has 0 spiro atoms. The summed E-state index contributed by atoms with van der Waals surface area (Å²) in [5.41, 5.74) is 7.45. The Hall–Kier alpha value is -2.24. The van der Waals surface area contributed by atoms with Gasteiger partial charge in [-0.25, -0.2) is 4.79 Å². The first kappa shape index (κ1) is 14.2. The molecule has 0 saturated heterocycles. The van der Waals surface area contributed by atoms with E-state index in [1.807, 2.05) is 37.7 Å². The zero-order valence-electron chi connectivity index (χ0n) is 12.0. The van der Waals surface area contributed by atoms with E-state index in [-0.39, 0.29) is 18.6 Å². The number of nitrogens with two attached hydrogens (primary N) is 1. The van der Waals surface area contributed by atoms with Gasteiger partial charge in [0.1, 0.15) is 12.3 Å². The molecule has 2 aromatic rings. The number of anilines is 1. The van der Waals surface area contributed by atoms with Gasteiger partial charge in [-0.3, -0.25) is 4.68 Å². The van der Waals surface area contributed by atoms with Gasteiger partial charge >= 0.3 is 5.97 Å². The third kappa shape index (κ3) is 3.01.